The van der Waals surface area contributed by atoms with Crippen molar-refractivity contribution in [1.29, 1.82) is 0 Å². The Hall–Kier alpha value is -1.06. The Kier molecular flexibility index (Phi) is 2.10. The Balaban J connectivity index is 2.60. The average molecular weight is 288 g/mol. The first kappa shape index (κ1) is 6.37. The van der Waals surface area contributed by atoms with Crippen molar-refractivity contribution in [2.45, 2.75) is 43.6 Å². The summed E-state index contributed by atoms with van der Waals surface area (Å²) in [5.74, 6) is -1.55. The molecule has 3 heteroatoms. The summed E-state index contributed by atoms with van der Waals surface area (Å²) in [6.07, 6.45) is 2.29. The van der Waals surface area contributed by atoms with E-state index in [2.05, 4.69) is 0 Å². The van der Waals surface area contributed by atoms with E-state index in [0.29, 0.717) is 12.8 Å². The molecule has 3 nitrogen and oxygen atoms in total. The standard InChI is InChI=1S/C17H27NO2/c1-18(2)13-16(17(19)11-5-4-6-12-17)14-7-9-15(20-3)10-8-14/h7-10,16,19H,4-6,11-13H2,1-3H3/t16-/m1/s1/i1D3,2D3,3D3,13D2. The zero-order valence-electron chi connectivity index (χ0n) is 22.2. The van der Waals surface area contributed by atoms with Crippen LogP contribution < -0.4 is 4.74 Å². The van der Waals surface area contributed by atoms with E-state index in [1.54, 1.807) is 0 Å². The first-order valence-corrected chi connectivity index (χ1v) is 6.70. The van der Waals surface area contributed by atoms with Crippen molar-refractivity contribution in [2.24, 2.45) is 0 Å². The van der Waals surface area contributed by atoms with Gasteiger partial charge in [-0.3, -0.25) is 0 Å². The highest BCUT2D eigenvalue weighted by molar-refractivity contribution is 5.31. The summed E-state index contributed by atoms with van der Waals surface area (Å²) in [6, 6.07) is 5.19. The number of nitrogens with zero attached hydrogens (tertiary/aromatic N) is 1. The summed E-state index contributed by atoms with van der Waals surface area (Å²) < 4.78 is 89.6. The molecule has 1 aliphatic rings. The van der Waals surface area contributed by atoms with E-state index in [0.717, 1.165) is 6.42 Å². The van der Waals surface area contributed by atoms with Crippen molar-refractivity contribution in [3.05, 3.63) is 29.8 Å². The lowest BCUT2D eigenvalue weighted by atomic mass is 9.72. The fourth-order valence-corrected chi connectivity index (χ4v) is 2.82. The monoisotopic (exact) mass is 288 g/mol. The normalized spacial score (nSPS) is 30.6. The van der Waals surface area contributed by atoms with Gasteiger partial charge < -0.3 is 14.7 Å². The van der Waals surface area contributed by atoms with Crippen LogP contribution in [0.2, 0.25) is 0 Å². The molecular weight excluding hydrogens is 250 g/mol. The summed E-state index contributed by atoms with van der Waals surface area (Å²) in [5.41, 5.74) is -1.55. The highest BCUT2D eigenvalue weighted by Crippen LogP contribution is 2.40. The van der Waals surface area contributed by atoms with Crippen molar-refractivity contribution in [1.82, 2.24) is 4.90 Å². The topological polar surface area (TPSA) is 32.7 Å². The third-order valence-corrected chi connectivity index (χ3v) is 3.85. The van der Waals surface area contributed by atoms with Crippen LogP contribution in [-0.4, -0.2) is 43.1 Å². The molecule has 0 amide bonds. The zero-order chi connectivity index (χ0) is 23.9. The van der Waals surface area contributed by atoms with E-state index in [9.17, 15) is 5.11 Å². The largest absolute Gasteiger partial charge is 0.497 e. The summed E-state index contributed by atoms with van der Waals surface area (Å²) in [5, 5.41) is 11.4. The van der Waals surface area contributed by atoms with E-state index in [1.807, 2.05) is 0 Å². The summed E-state index contributed by atoms with van der Waals surface area (Å²) in [4.78, 5) is -0.142. The van der Waals surface area contributed by atoms with Crippen molar-refractivity contribution < 1.29 is 24.9 Å². The van der Waals surface area contributed by atoms with Crippen LogP contribution >= 0.6 is 0 Å². The lowest BCUT2D eigenvalue weighted by Gasteiger charge is -2.40. The van der Waals surface area contributed by atoms with Gasteiger partial charge in [-0.05, 0) is 44.5 Å². The molecule has 1 fully saturated rings. The molecule has 0 heterocycles. The lowest BCUT2D eigenvalue weighted by molar-refractivity contribution is -0.0277. The molecule has 0 aromatic heterocycles. The minimum absolute atomic E-state index is 0.0257. The molecule has 1 atom stereocenters. The SMILES string of the molecule is [2H]C([2H])([2H])Oc1ccc([C@H](C2(O)CCCCC2)C([2H])([2H])N(C([2H])([2H])[2H])C([2H])([2H])[2H])cc1. The first-order valence-electron chi connectivity index (χ1n) is 12.2. The molecule has 1 aliphatic carbocycles. The van der Waals surface area contributed by atoms with E-state index >= 15 is 0 Å². The number of methoxy groups -OCH3 is 1. The number of rotatable bonds is 5. The van der Waals surface area contributed by atoms with Crippen LogP contribution in [0.5, 0.6) is 5.75 Å². The minimum atomic E-state index is -3.30. The van der Waals surface area contributed by atoms with E-state index < -0.39 is 39.0 Å². The Labute approximate surface area is 138 Å². The maximum absolute atomic E-state index is 11.4. The van der Waals surface area contributed by atoms with Crippen LogP contribution in [0.25, 0.3) is 0 Å². The molecule has 1 N–H and O–H groups in total. The number of benzene rings is 1. The van der Waals surface area contributed by atoms with Gasteiger partial charge in [-0.2, -0.15) is 0 Å². The maximum Gasteiger partial charge on any atom is 0.118 e. The minimum Gasteiger partial charge on any atom is -0.497 e. The third kappa shape index (κ3) is 3.53. The van der Waals surface area contributed by atoms with Crippen LogP contribution in [0.3, 0.4) is 0 Å². The molecule has 0 unspecified atom stereocenters. The van der Waals surface area contributed by atoms with E-state index in [1.165, 1.54) is 24.3 Å². The molecule has 0 saturated heterocycles. The predicted octanol–water partition coefficient (Wildman–Crippen LogP) is 3.04. The van der Waals surface area contributed by atoms with Gasteiger partial charge in [0.25, 0.3) is 0 Å². The molecular formula is C17H27NO2. The smallest absolute Gasteiger partial charge is 0.118 e. The van der Waals surface area contributed by atoms with Gasteiger partial charge in [0.2, 0.25) is 0 Å². The van der Waals surface area contributed by atoms with Crippen molar-refractivity contribution in [2.75, 3.05) is 27.5 Å². The van der Waals surface area contributed by atoms with Crippen LogP contribution in [0.15, 0.2) is 24.3 Å². The van der Waals surface area contributed by atoms with Gasteiger partial charge in [-0.25, -0.2) is 0 Å². The molecule has 1 aromatic rings. The van der Waals surface area contributed by atoms with Gasteiger partial charge in [0.1, 0.15) is 5.75 Å². The van der Waals surface area contributed by atoms with Gasteiger partial charge in [0.05, 0.1) is 16.8 Å². The maximum atomic E-state index is 11.4. The second-order valence-electron chi connectivity index (χ2n) is 5.23. The third-order valence-electron chi connectivity index (χ3n) is 3.85. The quantitative estimate of drug-likeness (QED) is 0.904. The summed E-state index contributed by atoms with van der Waals surface area (Å²) in [6.45, 7) is -9.60. The molecule has 20 heavy (non-hydrogen) atoms. The first-order chi connectivity index (χ1) is 13.9. The Morgan fingerprint density at radius 3 is 2.60 bits per heavy atom. The second-order valence-corrected chi connectivity index (χ2v) is 5.23. The van der Waals surface area contributed by atoms with Crippen LogP contribution in [0.1, 0.15) is 58.7 Å². The van der Waals surface area contributed by atoms with Gasteiger partial charge in [0, 0.05) is 23.4 Å². The molecule has 0 aliphatic heterocycles. The summed E-state index contributed by atoms with van der Waals surface area (Å²) >= 11 is 0. The lowest BCUT2D eigenvalue weighted by Crippen LogP contribution is -2.42. The van der Waals surface area contributed by atoms with Crippen molar-refractivity contribution >= 4 is 0 Å². The number of likely N-dealkylation sites (N-methyl/N-ethyl adjacent to an activating group) is 1. The summed E-state index contributed by atoms with van der Waals surface area (Å²) in [7, 11) is -2.70. The zero-order valence-corrected chi connectivity index (χ0v) is 11.2. The van der Waals surface area contributed by atoms with Gasteiger partial charge in [-0.1, -0.05) is 31.4 Å². The van der Waals surface area contributed by atoms with Crippen molar-refractivity contribution in [3.8, 4) is 5.75 Å². The molecule has 0 bridgehead atoms. The number of ether oxygens (including phenoxy) is 1. The van der Waals surface area contributed by atoms with E-state index in [-0.39, 0.29) is 29.1 Å². The van der Waals surface area contributed by atoms with Crippen molar-refractivity contribution in [3.63, 3.8) is 0 Å². The number of aliphatic hydroxyl groups is 1. The average Bonchev–Trinajstić information content (AvgIpc) is 2.52. The fraction of sp³-hybridized carbons (Fsp3) is 0.647. The Morgan fingerprint density at radius 1 is 1.30 bits per heavy atom. The molecule has 2 rings (SSSR count). The second kappa shape index (κ2) is 6.59. The van der Waals surface area contributed by atoms with Gasteiger partial charge in [-0.15, -0.1) is 0 Å². The molecule has 1 aromatic carbocycles. The number of hydrogen-bond donors (Lipinski definition) is 1. The predicted molar refractivity (Wildman–Crippen MR) is 82.3 cm³/mol. The highest BCUT2D eigenvalue weighted by Gasteiger charge is 2.38. The van der Waals surface area contributed by atoms with Crippen LogP contribution in [0.4, 0.5) is 0 Å². The van der Waals surface area contributed by atoms with Crippen LogP contribution in [-0.2, 0) is 0 Å². The van der Waals surface area contributed by atoms with Gasteiger partial charge in [0.15, 0.2) is 0 Å². The molecule has 112 valence electrons. The Bertz CT molecular complexity index is 720. The number of hydrogen-bond acceptors (Lipinski definition) is 3. The molecule has 0 radical (unpaired) electrons. The molecule has 1 saturated carbocycles. The molecule has 0 spiro atoms. The van der Waals surface area contributed by atoms with E-state index in [4.69, 9.17) is 19.8 Å². The fourth-order valence-electron chi connectivity index (χ4n) is 2.82. The Morgan fingerprint density at radius 2 is 2.00 bits per heavy atom. The van der Waals surface area contributed by atoms with Crippen LogP contribution in [0, 0.1) is 0 Å². The van der Waals surface area contributed by atoms with Gasteiger partial charge >= 0.3 is 0 Å². The highest BCUT2D eigenvalue weighted by atomic mass is 16.5.